The van der Waals surface area contributed by atoms with Crippen molar-refractivity contribution in [3.63, 3.8) is 0 Å². The van der Waals surface area contributed by atoms with E-state index in [9.17, 15) is 9.59 Å². The molecule has 5 nitrogen and oxygen atoms in total. The topological polar surface area (TPSA) is 58.6 Å². The summed E-state index contributed by atoms with van der Waals surface area (Å²) in [5.41, 5.74) is 0.218. The summed E-state index contributed by atoms with van der Waals surface area (Å²) in [6.07, 6.45) is 1.44. The Morgan fingerprint density at radius 1 is 1.48 bits per heavy atom. The van der Waals surface area contributed by atoms with Crippen molar-refractivity contribution in [2.45, 2.75) is 45.3 Å². The maximum Gasteiger partial charge on any atom is 0.407 e. The number of alkyl carbamates (subject to hydrolysis) is 1. The van der Waals surface area contributed by atoms with Gasteiger partial charge in [-0.3, -0.25) is 4.79 Å². The molecule has 0 saturated carbocycles. The average Bonchev–Trinajstić information content (AvgIpc) is 3.05. The van der Waals surface area contributed by atoms with Crippen LogP contribution in [0, 0.1) is 0 Å². The SMILES string of the molecule is CC(C)(C)OC(=O)NC[C@@H]1CCCN1C(=O)c1ccsc1. The van der Waals surface area contributed by atoms with Crippen LogP contribution in [-0.2, 0) is 4.74 Å². The van der Waals surface area contributed by atoms with E-state index in [0.29, 0.717) is 6.54 Å². The van der Waals surface area contributed by atoms with Crippen molar-refractivity contribution >= 4 is 23.3 Å². The summed E-state index contributed by atoms with van der Waals surface area (Å²) in [6, 6.07) is 1.88. The normalized spacial score (nSPS) is 18.6. The Morgan fingerprint density at radius 2 is 2.24 bits per heavy atom. The van der Waals surface area contributed by atoms with E-state index in [1.54, 1.807) is 0 Å². The van der Waals surface area contributed by atoms with Gasteiger partial charge in [-0.05, 0) is 45.1 Å². The first-order valence-corrected chi connectivity index (χ1v) is 8.11. The molecule has 2 heterocycles. The van der Waals surface area contributed by atoms with Gasteiger partial charge in [0.15, 0.2) is 0 Å². The van der Waals surface area contributed by atoms with Crippen molar-refractivity contribution in [1.82, 2.24) is 10.2 Å². The number of hydrogen-bond donors (Lipinski definition) is 1. The molecular formula is C15H22N2O3S. The second-order valence-corrected chi connectivity index (χ2v) is 6.97. The number of amides is 2. The predicted molar refractivity (Wildman–Crippen MR) is 82.6 cm³/mol. The number of thiophene rings is 1. The number of carbonyl (C=O) groups is 2. The summed E-state index contributed by atoms with van der Waals surface area (Å²) in [4.78, 5) is 25.9. The summed E-state index contributed by atoms with van der Waals surface area (Å²) >= 11 is 1.52. The Kier molecular flexibility index (Phi) is 4.88. The zero-order valence-electron chi connectivity index (χ0n) is 12.7. The highest BCUT2D eigenvalue weighted by molar-refractivity contribution is 7.08. The van der Waals surface area contributed by atoms with Crippen LogP contribution in [-0.4, -0.2) is 41.6 Å². The van der Waals surface area contributed by atoms with Crippen molar-refractivity contribution in [3.05, 3.63) is 22.4 Å². The van der Waals surface area contributed by atoms with E-state index in [-0.39, 0.29) is 11.9 Å². The predicted octanol–water partition coefficient (Wildman–Crippen LogP) is 2.88. The summed E-state index contributed by atoms with van der Waals surface area (Å²) in [5, 5.41) is 6.52. The fourth-order valence-corrected chi connectivity index (χ4v) is 3.01. The lowest BCUT2D eigenvalue weighted by Crippen LogP contribution is -2.44. The van der Waals surface area contributed by atoms with E-state index in [1.807, 2.05) is 42.5 Å². The Bertz CT molecular complexity index is 494. The molecule has 1 aromatic heterocycles. The molecule has 0 aliphatic carbocycles. The molecule has 0 spiro atoms. The highest BCUT2D eigenvalue weighted by atomic mass is 32.1. The van der Waals surface area contributed by atoms with Gasteiger partial charge in [-0.25, -0.2) is 4.79 Å². The Hall–Kier alpha value is -1.56. The lowest BCUT2D eigenvalue weighted by Gasteiger charge is -2.26. The first-order valence-electron chi connectivity index (χ1n) is 7.17. The number of carbonyl (C=O) groups excluding carboxylic acids is 2. The van der Waals surface area contributed by atoms with Crippen molar-refractivity contribution in [3.8, 4) is 0 Å². The summed E-state index contributed by atoms with van der Waals surface area (Å²) in [5.74, 6) is 0.0461. The molecule has 116 valence electrons. The second kappa shape index (κ2) is 6.47. The van der Waals surface area contributed by atoms with E-state index in [1.165, 1.54) is 11.3 Å². The molecule has 1 atom stereocenters. The van der Waals surface area contributed by atoms with Gasteiger partial charge in [0.1, 0.15) is 5.60 Å². The molecule has 1 aliphatic rings. The molecule has 1 fully saturated rings. The van der Waals surface area contributed by atoms with Gasteiger partial charge in [-0.15, -0.1) is 0 Å². The Balaban J connectivity index is 1.88. The number of rotatable bonds is 3. The smallest absolute Gasteiger partial charge is 0.407 e. The minimum atomic E-state index is -0.508. The molecule has 21 heavy (non-hydrogen) atoms. The molecule has 2 amide bonds. The fourth-order valence-electron chi connectivity index (χ4n) is 2.38. The molecule has 1 aliphatic heterocycles. The minimum absolute atomic E-state index is 0.0461. The van der Waals surface area contributed by atoms with Crippen LogP contribution in [0.3, 0.4) is 0 Å². The molecule has 1 N–H and O–H groups in total. The van der Waals surface area contributed by atoms with E-state index in [4.69, 9.17) is 4.74 Å². The standard InChI is InChI=1S/C15H22N2O3S/c1-15(2,3)20-14(19)16-9-12-5-4-7-17(12)13(18)11-6-8-21-10-11/h6,8,10,12H,4-5,7,9H2,1-3H3,(H,16,19)/t12-/m0/s1. The third-order valence-electron chi connectivity index (χ3n) is 3.29. The summed E-state index contributed by atoms with van der Waals surface area (Å²) in [6.45, 7) is 6.66. The van der Waals surface area contributed by atoms with Crippen molar-refractivity contribution in [2.24, 2.45) is 0 Å². The lowest BCUT2D eigenvalue weighted by molar-refractivity contribution is 0.0501. The Labute approximate surface area is 129 Å². The quantitative estimate of drug-likeness (QED) is 0.934. The number of nitrogens with zero attached hydrogens (tertiary/aromatic N) is 1. The van der Waals surface area contributed by atoms with Crippen LogP contribution in [0.25, 0.3) is 0 Å². The van der Waals surface area contributed by atoms with Crippen molar-refractivity contribution in [2.75, 3.05) is 13.1 Å². The molecule has 0 bridgehead atoms. The molecule has 0 unspecified atom stereocenters. The first-order chi connectivity index (χ1) is 9.87. The molecule has 6 heteroatoms. The summed E-state index contributed by atoms with van der Waals surface area (Å²) < 4.78 is 5.21. The van der Waals surface area contributed by atoms with Gasteiger partial charge in [-0.1, -0.05) is 0 Å². The number of nitrogens with one attached hydrogen (secondary N) is 1. The van der Waals surface area contributed by atoms with Gasteiger partial charge in [-0.2, -0.15) is 11.3 Å². The van der Waals surface area contributed by atoms with E-state index >= 15 is 0 Å². The van der Waals surface area contributed by atoms with Crippen LogP contribution in [0.1, 0.15) is 44.0 Å². The van der Waals surface area contributed by atoms with Crippen molar-refractivity contribution in [1.29, 1.82) is 0 Å². The van der Waals surface area contributed by atoms with Crippen LogP contribution >= 0.6 is 11.3 Å². The van der Waals surface area contributed by atoms with Crippen LogP contribution in [0.15, 0.2) is 16.8 Å². The van der Waals surface area contributed by atoms with Crippen LogP contribution in [0.5, 0.6) is 0 Å². The van der Waals surface area contributed by atoms with Gasteiger partial charge < -0.3 is 15.0 Å². The summed E-state index contributed by atoms with van der Waals surface area (Å²) in [7, 11) is 0. The number of hydrogen-bond acceptors (Lipinski definition) is 4. The van der Waals surface area contributed by atoms with Gasteiger partial charge in [0.25, 0.3) is 5.91 Å². The zero-order valence-corrected chi connectivity index (χ0v) is 13.5. The molecule has 1 saturated heterocycles. The maximum absolute atomic E-state index is 12.4. The van der Waals surface area contributed by atoms with E-state index in [0.717, 1.165) is 24.9 Å². The highest BCUT2D eigenvalue weighted by Crippen LogP contribution is 2.20. The van der Waals surface area contributed by atoms with Crippen molar-refractivity contribution < 1.29 is 14.3 Å². The molecule has 0 aromatic carbocycles. The van der Waals surface area contributed by atoms with E-state index in [2.05, 4.69) is 5.32 Å². The maximum atomic E-state index is 12.4. The van der Waals surface area contributed by atoms with Gasteiger partial charge >= 0.3 is 6.09 Å². The van der Waals surface area contributed by atoms with Gasteiger partial charge in [0, 0.05) is 24.5 Å². The molecule has 2 rings (SSSR count). The molecular weight excluding hydrogens is 288 g/mol. The Morgan fingerprint density at radius 3 is 2.86 bits per heavy atom. The average molecular weight is 310 g/mol. The number of likely N-dealkylation sites (tertiary alicyclic amines) is 1. The van der Waals surface area contributed by atoms with Crippen LogP contribution in [0.2, 0.25) is 0 Å². The molecule has 1 aromatic rings. The van der Waals surface area contributed by atoms with Gasteiger partial charge in [0.2, 0.25) is 0 Å². The highest BCUT2D eigenvalue weighted by Gasteiger charge is 2.30. The third-order valence-corrected chi connectivity index (χ3v) is 3.97. The fraction of sp³-hybridized carbons (Fsp3) is 0.600. The minimum Gasteiger partial charge on any atom is -0.444 e. The van der Waals surface area contributed by atoms with Crippen LogP contribution < -0.4 is 5.32 Å². The second-order valence-electron chi connectivity index (χ2n) is 6.19. The monoisotopic (exact) mass is 310 g/mol. The van der Waals surface area contributed by atoms with Crippen LogP contribution in [0.4, 0.5) is 4.79 Å². The zero-order chi connectivity index (χ0) is 15.5. The largest absolute Gasteiger partial charge is 0.444 e. The van der Waals surface area contributed by atoms with Gasteiger partial charge in [0.05, 0.1) is 5.56 Å². The molecule has 0 radical (unpaired) electrons. The van der Waals surface area contributed by atoms with E-state index < -0.39 is 11.7 Å². The third kappa shape index (κ3) is 4.46. The number of ether oxygens (including phenoxy) is 1. The first kappa shape index (κ1) is 15.8. The lowest BCUT2D eigenvalue weighted by atomic mass is 10.2.